The van der Waals surface area contributed by atoms with Crippen LogP contribution < -0.4 is 5.32 Å². The third kappa shape index (κ3) is 14.4. The van der Waals surface area contributed by atoms with Gasteiger partial charge in [0.25, 0.3) is 0 Å². The molecule has 156 valence electrons. The Hall–Kier alpha value is -1.32. The van der Waals surface area contributed by atoms with Crippen molar-refractivity contribution in [1.82, 2.24) is 5.32 Å². The van der Waals surface area contributed by atoms with E-state index in [2.05, 4.69) is 29.4 Å². The van der Waals surface area contributed by atoms with Crippen LogP contribution in [0.1, 0.15) is 110 Å². The number of carboxylic acids is 1. The first kappa shape index (κ1) is 23.7. The average Bonchev–Trinajstić information content (AvgIpc) is 3.08. The highest BCUT2D eigenvalue weighted by Gasteiger charge is 2.18. The molecule has 0 spiro atoms. The topological polar surface area (TPSA) is 61.7 Å². The highest BCUT2D eigenvalue weighted by molar-refractivity contribution is 5.97. The second-order valence-electron chi connectivity index (χ2n) is 7.93. The van der Waals surface area contributed by atoms with Crippen LogP contribution >= 0.6 is 0 Å². The van der Waals surface area contributed by atoms with Gasteiger partial charge in [0.15, 0.2) is 0 Å². The first-order valence-electron chi connectivity index (χ1n) is 11.4. The average molecular weight is 379 g/mol. The predicted molar refractivity (Wildman–Crippen MR) is 116 cm³/mol. The number of carboxylic acid groups (broad SMARTS) is 1. The lowest BCUT2D eigenvalue weighted by Crippen LogP contribution is -2.31. The molecular formula is C23H42N2O2. The molecule has 4 nitrogen and oxygen atoms in total. The van der Waals surface area contributed by atoms with Crippen molar-refractivity contribution in [2.24, 2.45) is 4.99 Å². The molecule has 0 radical (unpaired) electrons. The molecule has 0 amide bonds. The standard InChI is InChI=1S/C23H42N2O2/c1-2-3-4-5-6-7-8-9-10-11-12-13-14-15-16-17-18-21-20-24-22(25-21)19-23(26)27/h9-10,21H,2-8,11-20H2,1H3,(H,24,25)(H,26,27). The summed E-state index contributed by atoms with van der Waals surface area (Å²) >= 11 is 0. The summed E-state index contributed by atoms with van der Waals surface area (Å²) in [6, 6.07) is 0.358. The molecule has 0 aromatic heterocycles. The van der Waals surface area contributed by atoms with E-state index in [4.69, 9.17) is 5.11 Å². The number of nitrogens with zero attached hydrogens (tertiary/aromatic N) is 1. The number of unbranched alkanes of at least 4 members (excludes halogenated alkanes) is 12. The van der Waals surface area contributed by atoms with E-state index in [0.29, 0.717) is 11.9 Å². The number of aliphatic carboxylic acids is 1. The quantitative estimate of drug-likeness (QED) is 0.218. The molecule has 4 heteroatoms. The van der Waals surface area contributed by atoms with Gasteiger partial charge >= 0.3 is 5.97 Å². The van der Waals surface area contributed by atoms with Crippen LogP contribution in [-0.2, 0) is 4.79 Å². The number of carbonyl (C=O) groups is 1. The lowest BCUT2D eigenvalue weighted by molar-refractivity contribution is -0.135. The predicted octanol–water partition coefficient (Wildman–Crippen LogP) is 6.26. The Kier molecular flexibility index (Phi) is 14.8. The maximum absolute atomic E-state index is 10.7. The monoisotopic (exact) mass is 378 g/mol. The van der Waals surface area contributed by atoms with E-state index in [-0.39, 0.29) is 6.42 Å². The van der Waals surface area contributed by atoms with E-state index in [9.17, 15) is 4.79 Å². The fourth-order valence-electron chi connectivity index (χ4n) is 3.60. The molecule has 0 aliphatic carbocycles. The molecule has 0 saturated heterocycles. The van der Waals surface area contributed by atoms with Crippen molar-refractivity contribution in [3.05, 3.63) is 12.2 Å². The molecule has 0 bridgehead atoms. The van der Waals surface area contributed by atoms with Crippen LogP contribution in [0.3, 0.4) is 0 Å². The van der Waals surface area contributed by atoms with E-state index < -0.39 is 5.97 Å². The number of aliphatic imine (C=N–C) groups is 1. The minimum atomic E-state index is -0.806. The molecular weight excluding hydrogens is 336 g/mol. The second kappa shape index (κ2) is 16.8. The van der Waals surface area contributed by atoms with E-state index in [1.54, 1.807) is 0 Å². The molecule has 0 saturated carbocycles. The second-order valence-corrected chi connectivity index (χ2v) is 7.93. The lowest BCUT2D eigenvalue weighted by atomic mass is 10.0. The highest BCUT2D eigenvalue weighted by Crippen LogP contribution is 2.13. The van der Waals surface area contributed by atoms with Crippen LogP contribution in [0.5, 0.6) is 0 Å². The van der Waals surface area contributed by atoms with Crippen molar-refractivity contribution < 1.29 is 9.90 Å². The van der Waals surface area contributed by atoms with E-state index in [0.717, 1.165) is 13.0 Å². The number of nitrogens with one attached hydrogen (secondary N) is 1. The number of hydrogen-bond donors (Lipinski definition) is 2. The SMILES string of the molecule is CCCCCCCCC=CCCCCCCCCC1CN=C(CC(=O)O)N1. The summed E-state index contributed by atoms with van der Waals surface area (Å²) in [6.07, 6.45) is 24.5. The summed E-state index contributed by atoms with van der Waals surface area (Å²) in [7, 11) is 0. The molecule has 1 unspecified atom stereocenters. The normalized spacial score (nSPS) is 16.6. The van der Waals surface area contributed by atoms with Crippen molar-refractivity contribution in [3.8, 4) is 0 Å². The Morgan fingerprint density at radius 3 is 2.11 bits per heavy atom. The maximum atomic E-state index is 10.7. The zero-order valence-corrected chi connectivity index (χ0v) is 17.6. The van der Waals surface area contributed by atoms with Gasteiger partial charge in [0.05, 0.1) is 6.54 Å². The third-order valence-electron chi connectivity index (χ3n) is 5.26. The Morgan fingerprint density at radius 2 is 1.52 bits per heavy atom. The Morgan fingerprint density at radius 1 is 0.963 bits per heavy atom. The maximum Gasteiger partial charge on any atom is 0.310 e. The smallest absolute Gasteiger partial charge is 0.310 e. The van der Waals surface area contributed by atoms with Crippen LogP contribution in [-0.4, -0.2) is 29.5 Å². The zero-order valence-electron chi connectivity index (χ0n) is 17.6. The highest BCUT2D eigenvalue weighted by atomic mass is 16.4. The van der Waals surface area contributed by atoms with Gasteiger partial charge in [0.1, 0.15) is 12.3 Å². The fourth-order valence-corrected chi connectivity index (χ4v) is 3.60. The first-order chi connectivity index (χ1) is 13.2. The summed E-state index contributed by atoms with van der Waals surface area (Å²) in [5.41, 5.74) is 0. The minimum absolute atomic E-state index is 0.0317. The van der Waals surface area contributed by atoms with Gasteiger partial charge in [-0.25, -0.2) is 0 Å². The van der Waals surface area contributed by atoms with Crippen LogP contribution in [0.2, 0.25) is 0 Å². The molecule has 1 aliphatic heterocycles. The molecule has 2 N–H and O–H groups in total. The van der Waals surface area contributed by atoms with Gasteiger partial charge in [-0.15, -0.1) is 0 Å². The van der Waals surface area contributed by atoms with Crippen LogP contribution in [0.4, 0.5) is 0 Å². The van der Waals surface area contributed by atoms with Crippen molar-refractivity contribution in [2.45, 2.75) is 116 Å². The van der Waals surface area contributed by atoms with E-state index >= 15 is 0 Å². The van der Waals surface area contributed by atoms with Gasteiger partial charge < -0.3 is 10.4 Å². The van der Waals surface area contributed by atoms with Crippen molar-refractivity contribution >= 4 is 11.8 Å². The Bertz CT molecular complexity index is 432. The minimum Gasteiger partial charge on any atom is -0.481 e. The Balaban J connectivity index is 1.78. The van der Waals surface area contributed by atoms with E-state index in [1.807, 2.05) is 0 Å². The van der Waals surface area contributed by atoms with Gasteiger partial charge in [-0.3, -0.25) is 9.79 Å². The van der Waals surface area contributed by atoms with Crippen LogP contribution in [0.15, 0.2) is 17.1 Å². The lowest BCUT2D eigenvalue weighted by Gasteiger charge is -2.10. The van der Waals surface area contributed by atoms with Gasteiger partial charge in [-0.2, -0.15) is 0 Å². The van der Waals surface area contributed by atoms with Gasteiger partial charge in [-0.05, 0) is 32.1 Å². The van der Waals surface area contributed by atoms with Crippen molar-refractivity contribution in [1.29, 1.82) is 0 Å². The zero-order chi connectivity index (χ0) is 19.6. The van der Waals surface area contributed by atoms with Gasteiger partial charge in [0.2, 0.25) is 0 Å². The van der Waals surface area contributed by atoms with Crippen molar-refractivity contribution in [2.75, 3.05) is 6.54 Å². The molecule has 1 aliphatic rings. The van der Waals surface area contributed by atoms with Crippen LogP contribution in [0.25, 0.3) is 0 Å². The van der Waals surface area contributed by atoms with Gasteiger partial charge in [0, 0.05) is 6.04 Å². The summed E-state index contributed by atoms with van der Waals surface area (Å²) in [5.74, 6) is -0.156. The summed E-state index contributed by atoms with van der Waals surface area (Å²) < 4.78 is 0. The van der Waals surface area contributed by atoms with Crippen LogP contribution in [0, 0.1) is 0 Å². The fraction of sp³-hybridized carbons (Fsp3) is 0.826. The molecule has 0 aromatic carbocycles. The van der Waals surface area contributed by atoms with E-state index in [1.165, 1.54) is 89.9 Å². The first-order valence-corrected chi connectivity index (χ1v) is 11.4. The molecule has 1 atom stereocenters. The number of amidine groups is 1. The molecule has 1 heterocycles. The molecule has 0 fully saturated rings. The summed E-state index contributed by atoms with van der Waals surface area (Å²) in [6.45, 7) is 3.01. The number of rotatable bonds is 18. The molecule has 0 aromatic rings. The molecule has 1 rings (SSSR count). The summed E-state index contributed by atoms with van der Waals surface area (Å²) in [4.78, 5) is 14.9. The molecule has 27 heavy (non-hydrogen) atoms. The number of hydrogen-bond acceptors (Lipinski definition) is 3. The van der Waals surface area contributed by atoms with Crippen molar-refractivity contribution in [3.63, 3.8) is 0 Å². The largest absolute Gasteiger partial charge is 0.481 e. The summed E-state index contributed by atoms with van der Waals surface area (Å²) in [5, 5.41) is 12.0. The number of allylic oxidation sites excluding steroid dienone is 2. The third-order valence-corrected chi connectivity index (χ3v) is 5.26. The Labute approximate surface area is 166 Å². The van der Waals surface area contributed by atoms with Gasteiger partial charge in [-0.1, -0.05) is 83.3 Å².